The maximum atomic E-state index is 13.6. The fourth-order valence-corrected chi connectivity index (χ4v) is 8.05. The summed E-state index contributed by atoms with van der Waals surface area (Å²) >= 11 is 25.7. The first-order chi connectivity index (χ1) is 22.6. The molecule has 2 aromatic carbocycles. The number of likely N-dealkylation sites (tertiary alicyclic amines) is 2. The van der Waals surface area contributed by atoms with Crippen molar-refractivity contribution in [2.24, 2.45) is 11.8 Å². The van der Waals surface area contributed by atoms with E-state index >= 15 is 0 Å². The van der Waals surface area contributed by atoms with Gasteiger partial charge in [-0.3, -0.25) is 9.59 Å². The summed E-state index contributed by atoms with van der Waals surface area (Å²) < 4.78 is 10.9. The third kappa shape index (κ3) is 7.07. The van der Waals surface area contributed by atoms with Crippen LogP contribution in [0.5, 0.6) is 0 Å². The number of aromatic nitrogens is 2. The van der Waals surface area contributed by atoms with E-state index in [0.29, 0.717) is 103 Å². The van der Waals surface area contributed by atoms with Gasteiger partial charge in [0.15, 0.2) is 0 Å². The quantitative estimate of drug-likeness (QED) is 0.180. The first-order valence-electron chi connectivity index (χ1n) is 16.0. The Morgan fingerprint density at radius 1 is 0.660 bits per heavy atom. The molecule has 0 aliphatic carbocycles. The number of hydrogen-bond donors (Lipinski definition) is 0. The van der Waals surface area contributed by atoms with Crippen molar-refractivity contribution in [2.45, 2.75) is 58.8 Å². The van der Waals surface area contributed by atoms with Gasteiger partial charge >= 0.3 is 0 Å². The van der Waals surface area contributed by atoms with Crippen LogP contribution in [0.3, 0.4) is 0 Å². The summed E-state index contributed by atoms with van der Waals surface area (Å²) in [7, 11) is 0. The molecule has 2 fully saturated rings. The van der Waals surface area contributed by atoms with Gasteiger partial charge in [-0.05, 0) is 75.6 Å². The van der Waals surface area contributed by atoms with E-state index in [-0.39, 0.29) is 11.8 Å². The monoisotopic (exact) mass is 716 g/mol. The molecule has 0 unspecified atom stereocenters. The summed E-state index contributed by atoms with van der Waals surface area (Å²) in [5, 5.41) is 9.99. The lowest BCUT2D eigenvalue weighted by Gasteiger charge is -2.34. The fraction of sp³-hybridized carbons (Fsp3) is 0.429. The zero-order valence-electron chi connectivity index (χ0n) is 26.3. The van der Waals surface area contributed by atoms with Gasteiger partial charge < -0.3 is 18.8 Å². The lowest BCUT2D eigenvalue weighted by molar-refractivity contribution is 0.0679. The van der Waals surface area contributed by atoms with Crippen LogP contribution >= 0.6 is 46.4 Å². The molecule has 0 atom stereocenters. The van der Waals surface area contributed by atoms with E-state index in [9.17, 15) is 9.59 Å². The summed E-state index contributed by atoms with van der Waals surface area (Å²) in [6, 6.07) is 10.4. The van der Waals surface area contributed by atoms with Crippen LogP contribution < -0.4 is 0 Å². The summed E-state index contributed by atoms with van der Waals surface area (Å²) in [5.74, 6) is 1.87. The van der Waals surface area contributed by atoms with Gasteiger partial charge in [-0.2, -0.15) is 0 Å². The van der Waals surface area contributed by atoms with Crippen LogP contribution in [0.4, 0.5) is 0 Å². The van der Waals surface area contributed by atoms with E-state index in [1.165, 1.54) is 0 Å². The highest BCUT2D eigenvalue weighted by molar-refractivity contribution is 6.40. The van der Waals surface area contributed by atoms with E-state index < -0.39 is 0 Å². The number of benzene rings is 2. The van der Waals surface area contributed by atoms with Crippen LogP contribution in [-0.4, -0.2) is 58.1 Å². The average Bonchev–Trinajstić information content (AvgIpc) is 3.62. The van der Waals surface area contributed by atoms with Crippen LogP contribution in [0.1, 0.15) is 77.2 Å². The Hall–Kier alpha value is -3.04. The summed E-state index contributed by atoms with van der Waals surface area (Å²) in [4.78, 5) is 31.0. The van der Waals surface area contributed by atoms with Crippen molar-refractivity contribution in [3.05, 3.63) is 79.1 Å². The molecule has 8 nitrogen and oxygen atoms in total. The second-order valence-corrected chi connectivity index (χ2v) is 14.1. The number of piperidine rings is 2. The van der Waals surface area contributed by atoms with Crippen molar-refractivity contribution in [3.63, 3.8) is 0 Å². The number of carbonyl (C=O) groups excluding carboxylic acids is 2. The average molecular weight is 719 g/mol. The van der Waals surface area contributed by atoms with Crippen molar-refractivity contribution in [1.29, 1.82) is 0 Å². The maximum Gasteiger partial charge on any atom is 0.259 e. The molecule has 0 N–H and O–H groups in total. The number of rotatable bonds is 8. The van der Waals surface area contributed by atoms with Crippen molar-refractivity contribution < 1.29 is 18.6 Å². The Bertz CT molecular complexity index is 1600. The topological polar surface area (TPSA) is 92.7 Å². The number of amides is 2. The van der Waals surface area contributed by atoms with E-state index in [0.717, 1.165) is 44.9 Å². The Balaban J connectivity index is 0.974. The molecule has 248 valence electrons. The van der Waals surface area contributed by atoms with Crippen molar-refractivity contribution in [3.8, 4) is 22.5 Å². The Morgan fingerprint density at radius 2 is 1.00 bits per heavy atom. The van der Waals surface area contributed by atoms with Crippen molar-refractivity contribution in [1.82, 2.24) is 20.1 Å². The molecule has 2 saturated heterocycles. The molecule has 2 aliphatic rings. The molecule has 4 aromatic rings. The third-order valence-corrected chi connectivity index (χ3v) is 10.8. The van der Waals surface area contributed by atoms with E-state index in [1.807, 2.05) is 9.80 Å². The zero-order valence-corrected chi connectivity index (χ0v) is 29.4. The van der Waals surface area contributed by atoms with Crippen LogP contribution in [0.15, 0.2) is 45.4 Å². The molecule has 0 spiro atoms. The van der Waals surface area contributed by atoms with Gasteiger partial charge in [0, 0.05) is 37.3 Å². The van der Waals surface area contributed by atoms with Crippen molar-refractivity contribution in [2.75, 3.05) is 26.2 Å². The molecule has 2 amide bonds. The standard InChI is InChI=1S/C35H36Cl4N4O4/c1-20-28(32(40-46-20)30-24(36)8-4-9-25(30)37)34(44)42-16-12-22(13-17-42)6-3-7-23-14-18-43(19-15-23)35(45)29-21(2)47-41-33(29)31-26(38)10-5-11-27(31)39/h4-5,8-11,22-23H,3,6-7,12-19H2,1-2H3. The molecule has 2 aromatic heterocycles. The Labute approximate surface area is 294 Å². The lowest BCUT2D eigenvalue weighted by atomic mass is 9.86. The minimum atomic E-state index is -0.0991. The number of hydrogen-bond acceptors (Lipinski definition) is 6. The Morgan fingerprint density at radius 3 is 1.34 bits per heavy atom. The number of halogens is 4. The first kappa shape index (κ1) is 33.8. The van der Waals surface area contributed by atoms with Crippen LogP contribution in [-0.2, 0) is 0 Å². The van der Waals surface area contributed by atoms with Gasteiger partial charge in [-0.1, -0.05) is 88.1 Å². The lowest BCUT2D eigenvalue weighted by Crippen LogP contribution is -2.39. The first-order valence-corrected chi connectivity index (χ1v) is 17.5. The predicted octanol–water partition coefficient (Wildman–Crippen LogP) is 9.80. The van der Waals surface area contributed by atoms with Crippen LogP contribution in [0.2, 0.25) is 20.1 Å². The van der Waals surface area contributed by atoms with Gasteiger partial charge in [0.25, 0.3) is 11.8 Å². The normalized spacial score (nSPS) is 16.2. The van der Waals surface area contributed by atoms with Crippen molar-refractivity contribution >= 4 is 58.2 Å². The van der Waals surface area contributed by atoms with Gasteiger partial charge in [0.1, 0.15) is 34.0 Å². The highest BCUT2D eigenvalue weighted by Crippen LogP contribution is 2.39. The summed E-state index contributed by atoms with van der Waals surface area (Å²) in [6.07, 6.45) is 7.24. The predicted molar refractivity (Wildman–Crippen MR) is 184 cm³/mol. The van der Waals surface area contributed by atoms with Gasteiger partial charge in [0.05, 0.1) is 20.1 Å². The van der Waals surface area contributed by atoms with Crippen LogP contribution in [0, 0.1) is 25.7 Å². The highest BCUT2D eigenvalue weighted by atomic mass is 35.5. The number of carbonyl (C=O) groups is 2. The van der Waals surface area contributed by atoms with Gasteiger partial charge in [-0.25, -0.2) is 0 Å². The maximum absolute atomic E-state index is 13.6. The van der Waals surface area contributed by atoms with Gasteiger partial charge in [-0.15, -0.1) is 0 Å². The fourth-order valence-electron chi connectivity index (χ4n) is 6.90. The summed E-state index contributed by atoms with van der Waals surface area (Å²) in [6.45, 7) is 6.24. The Kier molecular flexibility index (Phi) is 10.5. The smallest absolute Gasteiger partial charge is 0.259 e. The summed E-state index contributed by atoms with van der Waals surface area (Å²) in [5.41, 5.74) is 2.65. The largest absolute Gasteiger partial charge is 0.360 e. The second kappa shape index (κ2) is 14.6. The SMILES string of the molecule is Cc1onc(-c2c(Cl)cccc2Cl)c1C(=O)N1CCC(CCCC2CCN(C(=O)c3c(-c4c(Cl)cccc4Cl)noc3C)CC2)CC1. The second-order valence-electron chi connectivity index (χ2n) is 12.5. The molecule has 47 heavy (non-hydrogen) atoms. The zero-order chi connectivity index (χ0) is 33.2. The molecule has 12 heteroatoms. The highest BCUT2D eigenvalue weighted by Gasteiger charge is 2.32. The molecule has 6 rings (SSSR count). The number of nitrogens with zero attached hydrogens (tertiary/aromatic N) is 4. The third-order valence-electron chi connectivity index (χ3n) is 9.58. The van der Waals surface area contributed by atoms with Gasteiger partial charge in [0.2, 0.25) is 0 Å². The molecule has 0 bridgehead atoms. The molecular formula is C35H36Cl4N4O4. The molecular weight excluding hydrogens is 682 g/mol. The molecule has 0 radical (unpaired) electrons. The van der Waals surface area contributed by atoms with E-state index in [4.69, 9.17) is 55.4 Å². The molecule has 2 aliphatic heterocycles. The number of aryl methyl sites for hydroxylation is 2. The minimum Gasteiger partial charge on any atom is -0.360 e. The van der Waals surface area contributed by atoms with E-state index in [1.54, 1.807) is 50.2 Å². The minimum absolute atomic E-state index is 0.0991. The molecule has 4 heterocycles. The molecule has 0 saturated carbocycles. The van der Waals surface area contributed by atoms with Crippen LogP contribution in [0.25, 0.3) is 22.5 Å². The van der Waals surface area contributed by atoms with E-state index in [2.05, 4.69) is 10.3 Å².